The quantitative estimate of drug-likeness (QED) is 0.890. The molecule has 2 unspecified atom stereocenters. The van der Waals surface area contributed by atoms with Crippen molar-refractivity contribution in [3.05, 3.63) is 11.9 Å². The number of aromatic nitrogens is 2. The fraction of sp³-hybridized carbons (Fsp3) is 0.733. The summed E-state index contributed by atoms with van der Waals surface area (Å²) in [7, 11) is 1.90. The molecule has 1 saturated carbocycles. The second-order valence-electron chi connectivity index (χ2n) is 6.47. The molecule has 2 N–H and O–H groups in total. The van der Waals surface area contributed by atoms with Crippen molar-refractivity contribution in [1.29, 1.82) is 0 Å². The van der Waals surface area contributed by atoms with Gasteiger partial charge in [-0.05, 0) is 25.5 Å². The zero-order valence-corrected chi connectivity index (χ0v) is 14.0. The van der Waals surface area contributed by atoms with Gasteiger partial charge in [0.15, 0.2) is 0 Å². The number of hydrogen-bond donors (Lipinski definition) is 2. The van der Waals surface area contributed by atoms with Crippen LogP contribution in [0.15, 0.2) is 6.07 Å². The van der Waals surface area contributed by atoms with Crippen LogP contribution in [0.3, 0.4) is 0 Å². The summed E-state index contributed by atoms with van der Waals surface area (Å²) in [6, 6.07) is 2.54. The summed E-state index contributed by atoms with van der Waals surface area (Å²) in [6.07, 6.45) is 5.96. The second-order valence-corrected chi connectivity index (χ2v) is 7.61. The van der Waals surface area contributed by atoms with Crippen molar-refractivity contribution >= 4 is 23.4 Å². The highest BCUT2D eigenvalue weighted by atomic mass is 32.2. The predicted octanol–water partition coefficient (Wildman–Crippen LogP) is 3.51. The van der Waals surface area contributed by atoms with Gasteiger partial charge >= 0.3 is 0 Å². The molecule has 0 aromatic carbocycles. The molecule has 112 valence electrons. The molecule has 0 saturated heterocycles. The third kappa shape index (κ3) is 3.78. The minimum atomic E-state index is -0.0409. The van der Waals surface area contributed by atoms with E-state index in [9.17, 15) is 0 Å². The fourth-order valence-electron chi connectivity index (χ4n) is 2.48. The number of anilines is 2. The van der Waals surface area contributed by atoms with E-state index in [0.717, 1.165) is 22.7 Å². The molecule has 0 amide bonds. The van der Waals surface area contributed by atoms with Gasteiger partial charge in [-0.15, -0.1) is 0 Å². The molecule has 0 spiro atoms. The monoisotopic (exact) mass is 294 g/mol. The fourth-order valence-corrected chi connectivity index (χ4v) is 3.28. The van der Waals surface area contributed by atoms with Crippen molar-refractivity contribution in [2.45, 2.75) is 56.7 Å². The first-order chi connectivity index (χ1) is 9.42. The maximum Gasteiger partial charge on any atom is 0.138 e. The summed E-state index contributed by atoms with van der Waals surface area (Å²) in [5, 5.41) is 7.51. The summed E-state index contributed by atoms with van der Waals surface area (Å²) in [6.45, 7) is 6.43. The molecule has 1 aliphatic rings. The van der Waals surface area contributed by atoms with Crippen LogP contribution in [0.1, 0.15) is 45.9 Å². The van der Waals surface area contributed by atoms with Crippen LogP contribution >= 0.6 is 11.8 Å². The molecule has 0 bridgehead atoms. The number of hydrogen-bond acceptors (Lipinski definition) is 5. The Bertz CT molecular complexity index is 456. The van der Waals surface area contributed by atoms with Crippen molar-refractivity contribution in [2.75, 3.05) is 23.9 Å². The van der Waals surface area contributed by atoms with Crippen molar-refractivity contribution in [1.82, 2.24) is 9.97 Å². The van der Waals surface area contributed by atoms with E-state index in [4.69, 9.17) is 4.98 Å². The maximum atomic E-state index is 4.70. The predicted molar refractivity (Wildman–Crippen MR) is 88.8 cm³/mol. The molecule has 4 nitrogen and oxygen atoms in total. The van der Waals surface area contributed by atoms with Crippen LogP contribution in [-0.2, 0) is 5.41 Å². The van der Waals surface area contributed by atoms with Gasteiger partial charge in [0, 0.05) is 29.8 Å². The van der Waals surface area contributed by atoms with E-state index in [1.807, 2.05) is 24.9 Å². The van der Waals surface area contributed by atoms with Gasteiger partial charge in [0.1, 0.15) is 17.5 Å². The molecular formula is C15H26N4S. The van der Waals surface area contributed by atoms with Crippen LogP contribution in [0, 0.1) is 0 Å². The van der Waals surface area contributed by atoms with Gasteiger partial charge in [-0.2, -0.15) is 11.8 Å². The van der Waals surface area contributed by atoms with Crippen LogP contribution in [-0.4, -0.2) is 34.6 Å². The van der Waals surface area contributed by atoms with Gasteiger partial charge in [-0.25, -0.2) is 9.97 Å². The van der Waals surface area contributed by atoms with Crippen LogP contribution in [0.5, 0.6) is 0 Å². The van der Waals surface area contributed by atoms with Gasteiger partial charge in [0.05, 0.1) is 0 Å². The van der Waals surface area contributed by atoms with E-state index >= 15 is 0 Å². The van der Waals surface area contributed by atoms with Gasteiger partial charge in [0.25, 0.3) is 0 Å². The molecule has 0 radical (unpaired) electrons. The average molecular weight is 294 g/mol. The number of nitrogens with one attached hydrogen (secondary N) is 2. The first-order valence-corrected chi connectivity index (χ1v) is 8.58. The van der Waals surface area contributed by atoms with E-state index in [1.165, 1.54) is 19.3 Å². The normalized spacial score (nSPS) is 22.9. The lowest BCUT2D eigenvalue weighted by Gasteiger charge is -2.20. The van der Waals surface area contributed by atoms with Gasteiger partial charge in [-0.3, -0.25) is 0 Å². The van der Waals surface area contributed by atoms with Crippen molar-refractivity contribution in [3.63, 3.8) is 0 Å². The molecular weight excluding hydrogens is 268 g/mol. The Morgan fingerprint density at radius 1 is 1.20 bits per heavy atom. The molecule has 5 heteroatoms. The van der Waals surface area contributed by atoms with Crippen LogP contribution in [0.2, 0.25) is 0 Å². The Labute approximate surface area is 126 Å². The van der Waals surface area contributed by atoms with Gasteiger partial charge in [0.2, 0.25) is 0 Å². The lowest BCUT2D eigenvalue weighted by Crippen LogP contribution is -2.21. The highest BCUT2D eigenvalue weighted by molar-refractivity contribution is 7.99. The Kier molecular flexibility index (Phi) is 4.78. The molecule has 1 aliphatic carbocycles. The number of thioether (sulfide) groups is 1. The minimum Gasteiger partial charge on any atom is -0.373 e. The van der Waals surface area contributed by atoms with Crippen LogP contribution in [0.4, 0.5) is 11.6 Å². The maximum absolute atomic E-state index is 4.70. The Hall–Kier alpha value is -0.970. The van der Waals surface area contributed by atoms with Crippen molar-refractivity contribution < 1.29 is 0 Å². The Balaban J connectivity index is 2.15. The molecule has 1 aromatic heterocycles. The number of nitrogens with zero attached hydrogens (tertiary/aromatic N) is 2. The topological polar surface area (TPSA) is 49.8 Å². The summed E-state index contributed by atoms with van der Waals surface area (Å²) >= 11 is 1.98. The van der Waals surface area contributed by atoms with Crippen molar-refractivity contribution in [3.8, 4) is 0 Å². The molecule has 2 rings (SSSR count). The van der Waals surface area contributed by atoms with Crippen LogP contribution in [0.25, 0.3) is 0 Å². The average Bonchev–Trinajstić information content (AvgIpc) is 2.85. The van der Waals surface area contributed by atoms with Crippen LogP contribution < -0.4 is 10.6 Å². The molecule has 20 heavy (non-hydrogen) atoms. The Morgan fingerprint density at radius 3 is 2.45 bits per heavy atom. The van der Waals surface area contributed by atoms with Gasteiger partial charge in [-0.1, -0.05) is 20.8 Å². The third-order valence-corrected chi connectivity index (χ3v) is 4.82. The first-order valence-electron chi connectivity index (χ1n) is 7.29. The zero-order chi connectivity index (χ0) is 14.8. The Morgan fingerprint density at radius 2 is 1.90 bits per heavy atom. The summed E-state index contributed by atoms with van der Waals surface area (Å²) < 4.78 is 0. The smallest absolute Gasteiger partial charge is 0.138 e. The molecule has 1 fully saturated rings. The summed E-state index contributed by atoms with van der Waals surface area (Å²) in [5.74, 6) is 2.71. The standard InChI is InChI=1S/C15H26N4S/c1-15(2,3)14-18-12(16-4)9-13(19-14)17-10-6-7-11(8-10)20-5/h9-11H,6-8H2,1-5H3,(H2,16,17,18,19). The molecule has 0 aliphatic heterocycles. The van der Waals surface area contributed by atoms with E-state index in [0.29, 0.717) is 6.04 Å². The van der Waals surface area contributed by atoms with Crippen molar-refractivity contribution in [2.24, 2.45) is 0 Å². The zero-order valence-electron chi connectivity index (χ0n) is 13.2. The first kappa shape index (κ1) is 15.4. The van der Waals surface area contributed by atoms with E-state index in [-0.39, 0.29) is 5.41 Å². The summed E-state index contributed by atoms with van der Waals surface area (Å²) in [4.78, 5) is 9.26. The van der Waals surface area contributed by atoms with Gasteiger partial charge < -0.3 is 10.6 Å². The lowest BCUT2D eigenvalue weighted by molar-refractivity contribution is 0.546. The number of rotatable bonds is 4. The van der Waals surface area contributed by atoms with E-state index in [2.05, 4.69) is 42.6 Å². The minimum absolute atomic E-state index is 0.0409. The lowest BCUT2D eigenvalue weighted by atomic mass is 9.96. The second kappa shape index (κ2) is 6.20. The largest absolute Gasteiger partial charge is 0.373 e. The van der Waals surface area contributed by atoms with E-state index in [1.54, 1.807) is 0 Å². The van der Waals surface area contributed by atoms with E-state index < -0.39 is 0 Å². The third-order valence-electron chi connectivity index (χ3n) is 3.72. The summed E-state index contributed by atoms with van der Waals surface area (Å²) in [5.41, 5.74) is -0.0409. The molecule has 1 heterocycles. The highest BCUT2D eigenvalue weighted by Crippen LogP contribution is 2.30. The molecule has 2 atom stereocenters. The SMILES string of the molecule is CNc1cc(NC2CCC(SC)C2)nc(C(C)(C)C)n1. The molecule has 1 aromatic rings. The highest BCUT2D eigenvalue weighted by Gasteiger charge is 2.25.